The van der Waals surface area contributed by atoms with Crippen LogP contribution < -0.4 is 4.74 Å². The lowest BCUT2D eigenvalue weighted by molar-refractivity contribution is 0.415. The number of fused-ring (bicyclic) bond motifs is 1. The van der Waals surface area contributed by atoms with Crippen LogP contribution >= 0.6 is 0 Å². The normalized spacial score (nSPS) is 10.8. The van der Waals surface area contributed by atoms with Gasteiger partial charge in [0, 0.05) is 10.9 Å². The van der Waals surface area contributed by atoms with Crippen molar-refractivity contribution in [2.24, 2.45) is 0 Å². The molecule has 90 valence electrons. The number of benzene rings is 2. The molecule has 0 bridgehead atoms. The van der Waals surface area contributed by atoms with Gasteiger partial charge in [-0.15, -0.1) is 0 Å². The van der Waals surface area contributed by atoms with Gasteiger partial charge in [-0.2, -0.15) is 0 Å². The van der Waals surface area contributed by atoms with Crippen LogP contribution in [-0.2, 0) is 0 Å². The van der Waals surface area contributed by atoms with Gasteiger partial charge < -0.3 is 9.26 Å². The van der Waals surface area contributed by atoms with Crippen LogP contribution in [0, 0.1) is 6.92 Å². The third-order valence-corrected chi connectivity index (χ3v) is 2.99. The molecule has 2 aromatic carbocycles. The van der Waals surface area contributed by atoms with Gasteiger partial charge in [0.15, 0.2) is 5.58 Å². The van der Waals surface area contributed by atoms with Crippen molar-refractivity contribution in [1.82, 2.24) is 5.16 Å². The summed E-state index contributed by atoms with van der Waals surface area (Å²) in [4.78, 5) is 0. The SMILES string of the molecule is COc1ccc(-c2noc3ccc(C)cc23)cc1. The third kappa shape index (κ3) is 1.74. The lowest BCUT2D eigenvalue weighted by Crippen LogP contribution is -1.83. The Balaban J connectivity index is 2.15. The highest BCUT2D eigenvalue weighted by Crippen LogP contribution is 2.29. The Labute approximate surface area is 105 Å². The molecule has 0 fully saturated rings. The van der Waals surface area contributed by atoms with E-state index in [9.17, 15) is 0 Å². The van der Waals surface area contributed by atoms with Crippen molar-refractivity contribution >= 4 is 11.0 Å². The molecule has 3 nitrogen and oxygen atoms in total. The van der Waals surface area contributed by atoms with Crippen LogP contribution in [0.2, 0.25) is 0 Å². The molecule has 0 saturated carbocycles. The molecular weight excluding hydrogens is 226 g/mol. The molecule has 0 amide bonds. The Hall–Kier alpha value is -2.29. The first-order valence-electron chi connectivity index (χ1n) is 5.78. The van der Waals surface area contributed by atoms with E-state index in [0.717, 1.165) is 28.0 Å². The molecule has 0 saturated heterocycles. The quantitative estimate of drug-likeness (QED) is 0.682. The summed E-state index contributed by atoms with van der Waals surface area (Å²) in [7, 11) is 1.66. The fraction of sp³-hybridized carbons (Fsp3) is 0.133. The second-order valence-electron chi connectivity index (χ2n) is 4.26. The molecule has 0 unspecified atom stereocenters. The molecule has 3 heteroatoms. The van der Waals surface area contributed by atoms with E-state index in [2.05, 4.69) is 18.1 Å². The molecule has 3 aromatic rings. The summed E-state index contributed by atoms with van der Waals surface area (Å²) in [5, 5.41) is 5.19. The van der Waals surface area contributed by atoms with Gasteiger partial charge in [-0.1, -0.05) is 16.8 Å². The van der Waals surface area contributed by atoms with E-state index in [4.69, 9.17) is 9.26 Å². The highest BCUT2D eigenvalue weighted by molar-refractivity contribution is 5.91. The fourth-order valence-corrected chi connectivity index (χ4v) is 2.01. The predicted octanol–water partition coefficient (Wildman–Crippen LogP) is 3.81. The number of hydrogen-bond acceptors (Lipinski definition) is 3. The smallest absolute Gasteiger partial charge is 0.167 e. The van der Waals surface area contributed by atoms with Crippen LogP contribution in [-0.4, -0.2) is 12.3 Å². The van der Waals surface area contributed by atoms with Crippen LogP contribution in [0.25, 0.3) is 22.2 Å². The van der Waals surface area contributed by atoms with Crippen LogP contribution in [0.15, 0.2) is 47.0 Å². The Morgan fingerprint density at radius 3 is 2.56 bits per heavy atom. The summed E-state index contributed by atoms with van der Waals surface area (Å²) in [6.07, 6.45) is 0. The summed E-state index contributed by atoms with van der Waals surface area (Å²) in [6, 6.07) is 13.9. The lowest BCUT2D eigenvalue weighted by atomic mass is 10.1. The van der Waals surface area contributed by atoms with Crippen LogP contribution in [0.5, 0.6) is 5.75 Å². The molecule has 0 radical (unpaired) electrons. The Kier molecular flexibility index (Phi) is 2.52. The van der Waals surface area contributed by atoms with Crippen LogP contribution in [0.4, 0.5) is 0 Å². The summed E-state index contributed by atoms with van der Waals surface area (Å²) in [5.41, 5.74) is 3.91. The highest BCUT2D eigenvalue weighted by Gasteiger charge is 2.10. The van der Waals surface area contributed by atoms with Crippen molar-refractivity contribution in [3.05, 3.63) is 48.0 Å². The van der Waals surface area contributed by atoms with E-state index in [1.807, 2.05) is 36.4 Å². The predicted molar refractivity (Wildman–Crippen MR) is 70.7 cm³/mol. The van der Waals surface area contributed by atoms with Gasteiger partial charge >= 0.3 is 0 Å². The largest absolute Gasteiger partial charge is 0.497 e. The lowest BCUT2D eigenvalue weighted by Gasteiger charge is -2.01. The standard InChI is InChI=1S/C15H13NO2/c1-10-3-8-14-13(9-10)15(16-18-14)11-4-6-12(17-2)7-5-11/h3-9H,1-2H3. The average molecular weight is 239 g/mol. The van der Waals surface area contributed by atoms with Crippen molar-refractivity contribution in [2.75, 3.05) is 7.11 Å². The molecule has 0 aliphatic rings. The zero-order valence-corrected chi connectivity index (χ0v) is 10.3. The zero-order chi connectivity index (χ0) is 12.5. The second-order valence-corrected chi connectivity index (χ2v) is 4.26. The first-order valence-corrected chi connectivity index (χ1v) is 5.78. The molecule has 3 rings (SSSR count). The highest BCUT2D eigenvalue weighted by atomic mass is 16.5. The van der Waals surface area contributed by atoms with Crippen molar-refractivity contribution in [1.29, 1.82) is 0 Å². The van der Waals surface area contributed by atoms with Gasteiger partial charge in [-0.05, 0) is 43.3 Å². The van der Waals surface area contributed by atoms with Gasteiger partial charge in [0.25, 0.3) is 0 Å². The van der Waals surface area contributed by atoms with E-state index in [1.165, 1.54) is 5.56 Å². The van der Waals surface area contributed by atoms with E-state index in [1.54, 1.807) is 7.11 Å². The third-order valence-electron chi connectivity index (χ3n) is 2.99. The maximum Gasteiger partial charge on any atom is 0.167 e. The molecular formula is C15H13NO2. The summed E-state index contributed by atoms with van der Waals surface area (Å²) in [6.45, 7) is 2.06. The van der Waals surface area contributed by atoms with Crippen LogP contribution in [0.1, 0.15) is 5.56 Å². The van der Waals surface area contributed by atoms with E-state index >= 15 is 0 Å². The molecule has 1 aromatic heterocycles. The number of aryl methyl sites for hydroxylation is 1. The molecule has 18 heavy (non-hydrogen) atoms. The zero-order valence-electron chi connectivity index (χ0n) is 10.3. The average Bonchev–Trinajstić information content (AvgIpc) is 2.82. The summed E-state index contributed by atoms with van der Waals surface area (Å²) < 4.78 is 10.5. The maximum absolute atomic E-state index is 5.33. The van der Waals surface area contributed by atoms with Gasteiger partial charge in [-0.25, -0.2) is 0 Å². The second kappa shape index (κ2) is 4.18. The van der Waals surface area contributed by atoms with Gasteiger partial charge in [-0.3, -0.25) is 0 Å². The Bertz CT molecular complexity index is 683. The molecule has 0 aliphatic heterocycles. The number of rotatable bonds is 2. The van der Waals surface area contributed by atoms with Crippen molar-refractivity contribution in [2.45, 2.75) is 6.92 Å². The first-order chi connectivity index (χ1) is 8.78. The van der Waals surface area contributed by atoms with E-state index < -0.39 is 0 Å². The monoisotopic (exact) mass is 239 g/mol. The minimum atomic E-state index is 0.811. The summed E-state index contributed by atoms with van der Waals surface area (Å²) >= 11 is 0. The number of ether oxygens (including phenoxy) is 1. The number of methoxy groups -OCH3 is 1. The minimum absolute atomic E-state index is 0.811. The number of hydrogen-bond donors (Lipinski definition) is 0. The number of aromatic nitrogens is 1. The fourth-order valence-electron chi connectivity index (χ4n) is 2.01. The minimum Gasteiger partial charge on any atom is -0.497 e. The van der Waals surface area contributed by atoms with Crippen LogP contribution in [0.3, 0.4) is 0 Å². The Morgan fingerprint density at radius 2 is 1.83 bits per heavy atom. The Morgan fingerprint density at radius 1 is 1.06 bits per heavy atom. The van der Waals surface area contributed by atoms with Gasteiger partial charge in [0.05, 0.1) is 7.11 Å². The van der Waals surface area contributed by atoms with Crippen molar-refractivity contribution in [3.63, 3.8) is 0 Å². The first kappa shape index (κ1) is 10.8. The topological polar surface area (TPSA) is 35.3 Å². The maximum atomic E-state index is 5.33. The molecule has 0 spiro atoms. The molecule has 0 aliphatic carbocycles. The van der Waals surface area contributed by atoms with Crippen molar-refractivity contribution < 1.29 is 9.26 Å². The molecule has 0 atom stereocenters. The van der Waals surface area contributed by atoms with Gasteiger partial charge in [0.2, 0.25) is 0 Å². The summed E-state index contributed by atoms with van der Waals surface area (Å²) in [5.74, 6) is 0.836. The van der Waals surface area contributed by atoms with E-state index in [-0.39, 0.29) is 0 Å². The van der Waals surface area contributed by atoms with Crippen molar-refractivity contribution in [3.8, 4) is 17.0 Å². The van der Waals surface area contributed by atoms with E-state index in [0.29, 0.717) is 0 Å². The molecule has 1 heterocycles. The van der Waals surface area contributed by atoms with Gasteiger partial charge in [0.1, 0.15) is 11.4 Å². The number of nitrogens with zero attached hydrogens (tertiary/aromatic N) is 1. The molecule has 0 N–H and O–H groups in total.